The zero-order valence-corrected chi connectivity index (χ0v) is 14.5. The minimum Gasteiger partial charge on any atom is -0.484 e. The molecule has 0 aromatic heterocycles. The highest BCUT2D eigenvalue weighted by Gasteiger charge is 2.22. The first-order chi connectivity index (χ1) is 12.2. The second kappa shape index (κ2) is 8.74. The number of hydrogen-bond donors (Lipinski definition) is 2. The van der Waals surface area contributed by atoms with Crippen molar-refractivity contribution in [3.63, 3.8) is 0 Å². The van der Waals surface area contributed by atoms with Gasteiger partial charge in [-0.1, -0.05) is 12.8 Å². The summed E-state index contributed by atoms with van der Waals surface area (Å²) in [5.74, 6) is 1.10. The van der Waals surface area contributed by atoms with Gasteiger partial charge in [-0.15, -0.1) is 0 Å². The summed E-state index contributed by atoms with van der Waals surface area (Å²) in [5.41, 5.74) is 0. The van der Waals surface area contributed by atoms with Crippen molar-refractivity contribution >= 4 is 11.8 Å². The number of nitrogens with one attached hydrogen (secondary N) is 2. The fraction of sp³-hybridized carbons (Fsp3) is 0.579. The lowest BCUT2D eigenvalue weighted by molar-refractivity contribution is -0.127. The molecule has 2 amide bonds. The van der Waals surface area contributed by atoms with Crippen molar-refractivity contribution < 1.29 is 19.1 Å². The molecule has 0 spiro atoms. The number of hydrogen-bond acceptors (Lipinski definition) is 4. The van der Waals surface area contributed by atoms with Crippen LogP contribution in [0.1, 0.15) is 44.9 Å². The van der Waals surface area contributed by atoms with Gasteiger partial charge >= 0.3 is 0 Å². The normalized spacial score (nSPS) is 21.3. The zero-order valence-electron chi connectivity index (χ0n) is 14.5. The van der Waals surface area contributed by atoms with Gasteiger partial charge in [0, 0.05) is 12.6 Å². The van der Waals surface area contributed by atoms with E-state index in [4.69, 9.17) is 9.47 Å². The second-order valence-electron chi connectivity index (χ2n) is 6.70. The van der Waals surface area contributed by atoms with Gasteiger partial charge in [0.05, 0.1) is 0 Å². The number of rotatable bonds is 6. The fourth-order valence-electron chi connectivity index (χ4n) is 3.29. The van der Waals surface area contributed by atoms with Crippen molar-refractivity contribution in [3.8, 4) is 11.5 Å². The molecule has 0 bridgehead atoms. The number of carbonyl (C=O) groups excluding carboxylic acids is 2. The van der Waals surface area contributed by atoms with E-state index in [2.05, 4.69) is 10.6 Å². The lowest BCUT2D eigenvalue weighted by Crippen LogP contribution is -2.36. The first-order valence-corrected chi connectivity index (χ1v) is 9.17. The van der Waals surface area contributed by atoms with Crippen molar-refractivity contribution in [2.75, 3.05) is 13.2 Å². The molecule has 136 valence electrons. The Kier molecular flexibility index (Phi) is 6.14. The highest BCUT2D eigenvalue weighted by atomic mass is 16.5. The van der Waals surface area contributed by atoms with Crippen molar-refractivity contribution in [3.05, 3.63) is 24.3 Å². The molecular formula is C19H26N2O4. The molecule has 6 nitrogen and oxygen atoms in total. The Labute approximate surface area is 148 Å². The van der Waals surface area contributed by atoms with Crippen LogP contribution in [-0.2, 0) is 9.59 Å². The van der Waals surface area contributed by atoms with Crippen LogP contribution in [0.3, 0.4) is 0 Å². The second-order valence-corrected chi connectivity index (χ2v) is 6.70. The summed E-state index contributed by atoms with van der Waals surface area (Å²) >= 11 is 0. The van der Waals surface area contributed by atoms with Crippen molar-refractivity contribution in [2.24, 2.45) is 0 Å². The van der Waals surface area contributed by atoms with Gasteiger partial charge in [0.1, 0.15) is 11.5 Å². The van der Waals surface area contributed by atoms with E-state index in [9.17, 15) is 9.59 Å². The predicted octanol–water partition coefficient (Wildman–Crippen LogP) is 2.17. The van der Waals surface area contributed by atoms with E-state index in [1.165, 1.54) is 12.8 Å². The van der Waals surface area contributed by atoms with Crippen LogP contribution in [0, 0.1) is 0 Å². The maximum absolute atomic E-state index is 11.9. The van der Waals surface area contributed by atoms with Gasteiger partial charge in [0.25, 0.3) is 11.8 Å². The van der Waals surface area contributed by atoms with Crippen LogP contribution in [-0.4, -0.2) is 37.1 Å². The van der Waals surface area contributed by atoms with E-state index in [-0.39, 0.29) is 18.4 Å². The minimum absolute atomic E-state index is 0.0156. The highest BCUT2D eigenvalue weighted by Crippen LogP contribution is 2.21. The summed E-state index contributed by atoms with van der Waals surface area (Å²) in [6.07, 6.45) is 6.75. The molecule has 0 radical (unpaired) electrons. The third-order valence-corrected chi connectivity index (χ3v) is 4.68. The van der Waals surface area contributed by atoms with Crippen molar-refractivity contribution in [1.82, 2.24) is 10.6 Å². The summed E-state index contributed by atoms with van der Waals surface area (Å²) < 4.78 is 11.3. The number of ether oxygens (including phenoxy) is 2. The van der Waals surface area contributed by atoms with Gasteiger partial charge in [-0.05, 0) is 56.4 Å². The number of carbonyl (C=O) groups is 2. The fourth-order valence-corrected chi connectivity index (χ4v) is 3.29. The zero-order chi connectivity index (χ0) is 17.5. The molecule has 1 aromatic rings. The topological polar surface area (TPSA) is 76.7 Å². The molecule has 1 saturated heterocycles. The maximum Gasteiger partial charge on any atom is 0.261 e. The van der Waals surface area contributed by atoms with Gasteiger partial charge in [-0.3, -0.25) is 9.59 Å². The van der Waals surface area contributed by atoms with Crippen LogP contribution < -0.4 is 20.1 Å². The smallest absolute Gasteiger partial charge is 0.261 e. The van der Waals surface area contributed by atoms with E-state index in [0.717, 1.165) is 32.1 Å². The van der Waals surface area contributed by atoms with Gasteiger partial charge in [-0.25, -0.2) is 0 Å². The maximum atomic E-state index is 11.9. The lowest BCUT2D eigenvalue weighted by Gasteiger charge is -2.16. The molecule has 6 heteroatoms. The molecule has 0 unspecified atom stereocenters. The van der Waals surface area contributed by atoms with Crippen molar-refractivity contribution in [1.29, 1.82) is 0 Å². The first-order valence-electron chi connectivity index (χ1n) is 9.17. The largest absolute Gasteiger partial charge is 0.484 e. The average molecular weight is 346 g/mol. The third-order valence-electron chi connectivity index (χ3n) is 4.68. The molecule has 1 aliphatic heterocycles. The van der Waals surface area contributed by atoms with Gasteiger partial charge in [0.15, 0.2) is 12.7 Å². The molecule has 1 heterocycles. The third kappa shape index (κ3) is 5.37. The molecule has 25 heavy (non-hydrogen) atoms. The van der Waals surface area contributed by atoms with E-state index >= 15 is 0 Å². The van der Waals surface area contributed by atoms with Crippen LogP contribution in [0.25, 0.3) is 0 Å². The number of benzene rings is 1. The van der Waals surface area contributed by atoms with Crippen LogP contribution in [0.2, 0.25) is 0 Å². The Hall–Kier alpha value is -2.24. The highest BCUT2D eigenvalue weighted by molar-refractivity contribution is 5.81. The van der Waals surface area contributed by atoms with E-state index < -0.39 is 6.10 Å². The Bertz CT molecular complexity index is 582. The predicted molar refractivity (Wildman–Crippen MR) is 93.6 cm³/mol. The molecule has 3 rings (SSSR count). The molecule has 2 aliphatic rings. The molecule has 1 atom stereocenters. The van der Waals surface area contributed by atoms with Crippen LogP contribution in [0.5, 0.6) is 11.5 Å². The summed E-state index contributed by atoms with van der Waals surface area (Å²) in [5, 5.41) is 5.85. The quantitative estimate of drug-likeness (QED) is 0.828. The lowest BCUT2D eigenvalue weighted by atomic mass is 10.2. The Morgan fingerprint density at radius 2 is 1.72 bits per heavy atom. The van der Waals surface area contributed by atoms with Crippen LogP contribution in [0.15, 0.2) is 24.3 Å². The van der Waals surface area contributed by atoms with Gasteiger partial charge in [-0.2, -0.15) is 0 Å². The monoisotopic (exact) mass is 346 g/mol. The molecule has 1 saturated carbocycles. The SMILES string of the molecule is O=C(COc1ccc(O[C@H]2CCCCNC2=O)cc1)NC1CCCC1. The van der Waals surface area contributed by atoms with Crippen molar-refractivity contribution in [2.45, 2.75) is 57.1 Å². The molecular weight excluding hydrogens is 320 g/mol. The summed E-state index contributed by atoms with van der Waals surface area (Å²) in [4.78, 5) is 23.8. The molecule has 2 N–H and O–H groups in total. The Morgan fingerprint density at radius 3 is 2.48 bits per heavy atom. The van der Waals surface area contributed by atoms with Gasteiger partial charge < -0.3 is 20.1 Å². The standard InChI is InChI=1S/C19H26N2O4/c22-18(21-14-5-1-2-6-14)13-24-15-8-10-16(11-9-15)25-17-7-3-4-12-20-19(17)23/h8-11,14,17H,1-7,12-13H2,(H,20,23)(H,21,22)/t17-/m0/s1. The number of amides is 2. The minimum atomic E-state index is -0.438. The molecule has 2 fully saturated rings. The summed E-state index contributed by atoms with van der Waals surface area (Å²) in [6.45, 7) is 0.732. The van der Waals surface area contributed by atoms with E-state index in [1.807, 2.05) is 0 Å². The van der Waals surface area contributed by atoms with Crippen LogP contribution >= 0.6 is 0 Å². The van der Waals surface area contributed by atoms with Crippen LogP contribution in [0.4, 0.5) is 0 Å². The first kappa shape index (κ1) is 17.6. The van der Waals surface area contributed by atoms with Gasteiger partial charge in [0.2, 0.25) is 0 Å². The summed E-state index contributed by atoms with van der Waals surface area (Å²) in [6, 6.07) is 7.35. The molecule has 1 aliphatic carbocycles. The summed E-state index contributed by atoms with van der Waals surface area (Å²) in [7, 11) is 0. The van der Waals surface area contributed by atoms with E-state index in [0.29, 0.717) is 24.1 Å². The average Bonchev–Trinajstić information content (AvgIpc) is 3.04. The Morgan fingerprint density at radius 1 is 1.04 bits per heavy atom. The Balaban J connectivity index is 1.45. The molecule has 1 aromatic carbocycles. The van der Waals surface area contributed by atoms with E-state index in [1.54, 1.807) is 24.3 Å².